The molecule has 0 saturated carbocycles. The van der Waals surface area contributed by atoms with Gasteiger partial charge in [-0.2, -0.15) is 13.2 Å². The van der Waals surface area contributed by atoms with E-state index in [0.717, 1.165) is 12.1 Å². The fraction of sp³-hybridized carbons (Fsp3) is 0.417. The van der Waals surface area contributed by atoms with E-state index in [1.165, 1.54) is 12.1 Å². The Morgan fingerprint density at radius 2 is 1.63 bits per heavy atom. The lowest BCUT2D eigenvalue weighted by Gasteiger charge is -2.14. The molecule has 0 saturated heterocycles. The fourth-order valence-electron chi connectivity index (χ4n) is 0.902. The van der Waals surface area contributed by atoms with E-state index < -0.39 is 22.5 Å². The van der Waals surface area contributed by atoms with E-state index in [-0.39, 0.29) is 5.54 Å². The smallest absolute Gasteiger partial charge is 0.276 e. The molecule has 1 aromatic carbocycles. The van der Waals surface area contributed by atoms with Gasteiger partial charge in [-0.25, -0.2) is 0 Å². The third-order valence-electron chi connectivity index (χ3n) is 1.88. The summed E-state index contributed by atoms with van der Waals surface area (Å²) in [7, 11) is 0. The predicted octanol–water partition coefficient (Wildman–Crippen LogP) is 3.33. The molecule has 0 spiro atoms. The molecule has 0 aliphatic carbocycles. The maximum Gasteiger partial charge on any atom is 0.417 e. The number of hydrogen-bond acceptors (Lipinski definition) is 3. The molecule has 0 fully saturated rings. The number of alkyl halides is 3. The minimum atomic E-state index is -4.54. The van der Waals surface area contributed by atoms with Gasteiger partial charge in [0, 0.05) is 11.1 Å². The monoisotopic (exact) mass is 296 g/mol. The van der Waals surface area contributed by atoms with E-state index in [1.54, 1.807) is 0 Å². The van der Waals surface area contributed by atoms with E-state index in [0.29, 0.717) is 0 Å². The van der Waals surface area contributed by atoms with Crippen LogP contribution in [0.15, 0.2) is 24.3 Å². The lowest BCUT2D eigenvalue weighted by Crippen LogP contribution is -2.41. The molecule has 0 bridgehead atoms. The van der Waals surface area contributed by atoms with Gasteiger partial charge in [-0.1, -0.05) is 12.1 Å². The predicted molar refractivity (Wildman–Crippen MR) is 68.7 cm³/mol. The summed E-state index contributed by atoms with van der Waals surface area (Å²) in [6.45, 7) is 6.02. The second-order valence-electron chi connectivity index (χ2n) is 4.71. The van der Waals surface area contributed by atoms with Gasteiger partial charge in [0.05, 0.1) is 5.56 Å². The zero-order valence-corrected chi connectivity index (χ0v) is 11.6. The number of hydrazine groups is 1. The molecule has 0 atom stereocenters. The van der Waals surface area contributed by atoms with Gasteiger partial charge in [-0.3, -0.25) is 16.1 Å². The van der Waals surface area contributed by atoms with Crippen LogP contribution in [0.4, 0.5) is 13.2 Å². The molecule has 1 aromatic rings. The molecule has 7 heteroatoms. The molecule has 1 rings (SSSR count). The number of benzene rings is 1. The average molecular weight is 297 g/mol. The quantitative estimate of drug-likeness (QED) is 0.475. The number of nitrogens with one attached hydrogen (secondary N) is 1. The van der Waals surface area contributed by atoms with E-state index >= 15 is 0 Å². The van der Waals surface area contributed by atoms with E-state index in [1.807, 2.05) is 20.8 Å². The zero-order chi connectivity index (χ0) is 15.3. The molecule has 0 aliphatic rings. The average Bonchev–Trinajstić information content (AvgIpc) is 2.28. The highest BCUT2D eigenvalue weighted by Gasteiger charge is 2.34. The number of rotatable bonds is 1. The van der Waals surface area contributed by atoms with Crippen LogP contribution < -0.4 is 11.3 Å². The maximum absolute atomic E-state index is 12.2. The molecule has 0 unspecified atom stereocenters. The second kappa shape index (κ2) is 6.88. The minimum Gasteiger partial charge on any atom is -0.276 e. The Kier molecular flexibility index (Phi) is 6.48. The summed E-state index contributed by atoms with van der Waals surface area (Å²) in [6, 6.07) is 4.38. The molecular formula is C12H16ClF3N2O. The van der Waals surface area contributed by atoms with Gasteiger partial charge in [-0.05, 0) is 44.5 Å². The third-order valence-corrected chi connectivity index (χ3v) is 2.08. The van der Waals surface area contributed by atoms with Crippen molar-refractivity contribution in [3.8, 4) is 0 Å². The summed E-state index contributed by atoms with van der Waals surface area (Å²) in [5.74, 6) is 5.06. The van der Waals surface area contributed by atoms with Crippen molar-refractivity contribution in [3.05, 3.63) is 35.4 Å². The van der Waals surface area contributed by atoms with Crippen LogP contribution in [0, 0.1) is 0 Å². The maximum atomic E-state index is 12.2. The summed E-state index contributed by atoms with van der Waals surface area (Å²) in [5, 5.41) is -1.10. The fourth-order valence-corrected chi connectivity index (χ4v) is 1.07. The summed E-state index contributed by atoms with van der Waals surface area (Å²) in [5.41, 5.74) is 1.15. The highest BCUT2D eigenvalue weighted by atomic mass is 35.5. The number of carbonyl (C=O) groups is 1. The minimum absolute atomic E-state index is 0.0694. The topological polar surface area (TPSA) is 55.1 Å². The lowest BCUT2D eigenvalue weighted by atomic mass is 10.1. The lowest BCUT2D eigenvalue weighted by molar-refractivity contribution is -0.137. The van der Waals surface area contributed by atoms with Crippen LogP contribution in [0.5, 0.6) is 0 Å². The number of carbonyl (C=O) groups excluding carboxylic acids is 1. The standard InChI is InChI=1S/C8H4ClF3O.C4H12N2/c9-7(13)5-3-1-2-4-6(5)8(10,11)12;1-4(2,3)6-5/h1-4H;6H,5H2,1-3H3. The van der Waals surface area contributed by atoms with E-state index in [4.69, 9.17) is 17.4 Å². The molecule has 19 heavy (non-hydrogen) atoms. The van der Waals surface area contributed by atoms with Crippen molar-refractivity contribution >= 4 is 16.8 Å². The van der Waals surface area contributed by atoms with Gasteiger partial charge in [-0.15, -0.1) is 0 Å². The largest absolute Gasteiger partial charge is 0.417 e. The van der Waals surface area contributed by atoms with Crippen LogP contribution in [0.25, 0.3) is 0 Å². The van der Waals surface area contributed by atoms with Gasteiger partial charge >= 0.3 is 6.18 Å². The van der Waals surface area contributed by atoms with Crippen molar-refractivity contribution in [1.82, 2.24) is 5.43 Å². The van der Waals surface area contributed by atoms with Gasteiger partial charge < -0.3 is 0 Å². The van der Waals surface area contributed by atoms with Crippen molar-refractivity contribution < 1.29 is 18.0 Å². The summed E-state index contributed by atoms with van der Waals surface area (Å²) in [6.07, 6.45) is -4.54. The zero-order valence-electron chi connectivity index (χ0n) is 10.8. The van der Waals surface area contributed by atoms with Crippen LogP contribution in [0.1, 0.15) is 36.7 Å². The van der Waals surface area contributed by atoms with Crippen LogP contribution in [-0.4, -0.2) is 10.8 Å². The van der Waals surface area contributed by atoms with Gasteiger partial charge in [0.15, 0.2) is 0 Å². The summed E-state index contributed by atoms with van der Waals surface area (Å²) < 4.78 is 36.6. The molecule has 3 N–H and O–H groups in total. The van der Waals surface area contributed by atoms with E-state index in [9.17, 15) is 18.0 Å². The SMILES string of the molecule is CC(C)(C)NN.O=C(Cl)c1ccccc1C(F)(F)F. The van der Waals surface area contributed by atoms with Crippen molar-refractivity contribution in [1.29, 1.82) is 0 Å². The first-order valence-corrected chi connectivity index (χ1v) is 5.70. The first-order valence-electron chi connectivity index (χ1n) is 5.33. The summed E-state index contributed by atoms with van der Waals surface area (Å²) >= 11 is 4.98. The second-order valence-corrected chi connectivity index (χ2v) is 5.05. The highest BCUT2D eigenvalue weighted by Crippen LogP contribution is 2.32. The van der Waals surface area contributed by atoms with Crippen LogP contribution in [0.3, 0.4) is 0 Å². The summed E-state index contributed by atoms with van der Waals surface area (Å²) in [4.78, 5) is 10.6. The Hall–Kier alpha value is -1.11. The Morgan fingerprint density at radius 3 is 1.89 bits per heavy atom. The van der Waals surface area contributed by atoms with Gasteiger partial charge in [0.1, 0.15) is 0 Å². The molecule has 0 heterocycles. The van der Waals surface area contributed by atoms with Gasteiger partial charge in [0.25, 0.3) is 5.24 Å². The van der Waals surface area contributed by atoms with Crippen molar-refractivity contribution in [2.75, 3.05) is 0 Å². The Morgan fingerprint density at radius 1 is 1.21 bits per heavy atom. The van der Waals surface area contributed by atoms with Crippen LogP contribution in [0.2, 0.25) is 0 Å². The molecule has 108 valence electrons. The first-order chi connectivity index (χ1) is 8.49. The molecule has 0 aliphatic heterocycles. The van der Waals surface area contributed by atoms with Crippen LogP contribution >= 0.6 is 11.6 Å². The van der Waals surface area contributed by atoms with Crippen molar-refractivity contribution in [2.24, 2.45) is 5.84 Å². The highest BCUT2D eigenvalue weighted by molar-refractivity contribution is 6.67. The Labute approximate surface area is 114 Å². The van der Waals surface area contributed by atoms with Crippen LogP contribution in [-0.2, 0) is 6.18 Å². The number of nitrogens with two attached hydrogens (primary N) is 1. The van der Waals surface area contributed by atoms with Gasteiger partial charge in [0.2, 0.25) is 0 Å². The number of hydrogen-bond donors (Lipinski definition) is 2. The van der Waals surface area contributed by atoms with Crippen molar-refractivity contribution in [3.63, 3.8) is 0 Å². The third kappa shape index (κ3) is 7.15. The first kappa shape index (κ1) is 17.9. The molecule has 0 radical (unpaired) electrons. The van der Waals surface area contributed by atoms with E-state index in [2.05, 4.69) is 5.43 Å². The Balaban J connectivity index is 0.000000459. The molecule has 0 amide bonds. The Bertz CT molecular complexity index is 428. The molecular weight excluding hydrogens is 281 g/mol. The van der Waals surface area contributed by atoms with Crippen molar-refractivity contribution in [2.45, 2.75) is 32.5 Å². The molecule has 0 aromatic heterocycles. The molecule has 3 nitrogen and oxygen atoms in total. The normalized spacial score (nSPS) is 11.6. The number of halogens is 4.